The summed E-state index contributed by atoms with van der Waals surface area (Å²) >= 11 is 0. The van der Waals surface area contributed by atoms with Crippen LogP contribution >= 0.6 is 0 Å². The average molecular weight is 259 g/mol. The van der Waals surface area contributed by atoms with Gasteiger partial charge < -0.3 is 10.0 Å². The number of nitrogens with zero attached hydrogens (tertiary/aromatic N) is 3. The second-order valence-corrected chi connectivity index (χ2v) is 4.50. The van der Waals surface area contributed by atoms with E-state index in [1.54, 1.807) is 17.9 Å². The Kier molecular flexibility index (Phi) is 3.97. The van der Waals surface area contributed by atoms with Crippen LogP contribution in [0.5, 0.6) is 0 Å². The van der Waals surface area contributed by atoms with Crippen LogP contribution in [0.25, 0.3) is 5.69 Å². The summed E-state index contributed by atoms with van der Waals surface area (Å²) in [6.07, 6.45) is 2.62. The topological polar surface area (TPSA) is 58.4 Å². The van der Waals surface area contributed by atoms with Gasteiger partial charge in [0, 0.05) is 25.4 Å². The lowest BCUT2D eigenvalue weighted by atomic mass is 10.3. The molecule has 0 radical (unpaired) electrons. The van der Waals surface area contributed by atoms with Crippen LogP contribution in [0.1, 0.15) is 12.5 Å². The van der Waals surface area contributed by atoms with Crippen LogP contribution in [0.3, 0.4) is 0 Å². The highest BCUT2D eigenvalue weighted by atomic mass is 16.3. The lowest BCUT2D eigenvalue weighted by molar-refractivity contribution is -0.138. The summed E-state index contributed by atoms with van der Waals surface area (Å²) in [6.45, 7) is 1.89. The largest absolute Gasteiger partial charge is 0.384 e. The molecule has 0 fully saturated rings. The van der Waals surface area contributed by atoms with Gasteiger partial charge in [-0.2, -0.15) is 5.10 Å². The average Bonchev–Trinajstić information content (AvgIpc) is 2.87. The van der Waals surface area contributed by atoms with Crippen molar-refractivity contribution in [2.45, 2.75) is 19.6 Å². The maximum absolute atomic E-state index is 11.6. The van der Waals surface area contributed by atoms with Crippen LogP contribution in [0, 0.1) is 0 Å². The summed E-state index contributed by atoms with van der Waals surface area (Å²) in [5.74, 6) is -0.299. The Hall–Kier alpha value is -2.14. The molecule has 0 bridgehead atoms. The van der Waals surface area contributed by atoms with Crippen molar-refractivity contribution in [3.63, 3.8) is 0 Å². The van der Waals surface area contributed by atoms with Crippen LogP contribution in [0.2, 0.25) is 0 Å². The number of benzene rings is 1. The molecule has 1 aromatic carbocycles. The van der Waals surface area contributed by atoms with Crippen LogP contribution in [0.4, 0.5) is 0 Å². The molecule has 0 saturated heterocycles. The van der Waals surface area contributed by atoms with Crippen molar-refractivity contribution in [1.82, 2.24) is 14.7 Å². The van der Waals surface area contributed by atoms with Crippen molar-refractivity contribution in [2.24, 2.45) is 0 Å². The molecule has 2 aromatic rings. The van der Waals surface area contributed by atoms with Gasteiger partial charge in [0.15, 0.2) is 0 Å². The van der Waals surface area contributed by atoms with Gasteiger partial charge >= 0.3 is 0 Å². The Bertz CT molecular complexity index is 549. The fraction of sp³-hybridized carbons (Fsp3) is 0.286. The smallest absolute Gasteiger partial charge is 0.251 e. The van der Waals surface area contributed by atoms with Crippen molar-refractivity contribution >= 4 is 5.91 Å². The van der Waals surface area contributed by atoms with Crippen molar-refractivity contribution in [3.05, 3.63) is 48.3 Å². The van der Waals surface area contributed by atoms with E-state index in [4.69, 9.17) is 0 Å². The lowest BCUT2D eigenvalue weighted by Gasteiger charge is -2.17. The van der Waals surface area contributed by atoms with Gasteiger partial charge in [-0.25, -0.2) is 4.68 Å². The summed E-state index contributed by atoms with van der Waals surface area (Å²) in [6, 6.07) is 9.76. The van der Waals surface area contributed by atoms with Gasteiger partial charge in [0.2, 0.25) is 0 Å². The van der Waals surface area contributed by atoms with Gasteiger partial charge in [0.25, 0.3) is 5.91 Å². The minimum Gasteiger partial charge on any atom is -0.384 e. The fourth-order valence-electron chi connectivity index (χ4n) is 1.83. The molecule has 19 heavy (non-hydrogen) atoms. The van der Waals surface area contributed by atoms with Gasteiger partial charge in [-0.05, 0) is 19.1 Å². The highest BCUT2D eigenvalue weighted by Crippen LogP contribution is 2.09. The quantitative estimate of drug-likeness (QED) is 0.898. The molecule has 2 rings (SSSR count). The van der Waals surface area contributed by atoms with E-state index >= 15 is 0 Å². The minimum absolute atomic E-state index is 0.299. The number of rotatable bonds is 4. The summed E-state index contributed by atoms with van der Waals surface area (Å²) in [5.41, 5.74) is 1.89. The number of aromatic nitrogens is 2. The molecule has 1 heterocycles. The van der Waals surface area contributed by atoms with Crippen LogP contribution in [0.15, 0.2) is 42.7 Å². The Morgan fingerprint density at radius 2 is 2.11 bits per heavy atom. The predicted octanol–water partition coefficient (Wildman–Crippen LogP) is 1.21. The van der Waals surface area contributed by atoms with Crippen LogP contribution in [-0.2, 0) is 11.3 Å². The third-order valence-electron chi connectivity index (χ3n) is 2.81. The van der Waals surface area contributed by atoms with Gasteiger partial charge in [-0.15, -0.1) is 0 Å². The normalized spacial score (nSPS) is 12.2. The fourth-order valence-corrected chi connectivity index (χ4v) is 1.83. The number of hydrogen-bond donors (Lipinski definition) is 1. The molecule has 0 aliphatic rings. The second kappa shape index (κ2) is 5.67. The van der Waals surface area contributed by atoms with Gasteiger partial charge in [-0.3, -0.25) is 4.79 Å². The van der Waals surface area contributed by atoms with Crippen molar-refractivity contribution in [2.75, 3.05) is 7.05 Å². The molecule has 1 N–H and O–H groups in total. The van der Waals surface area contributed by atoms with Gasteiger partial charge in [0.1, 0.15) is 6.10 Å². The third kappa shape index (κ3) is 3.20. The zero-order valence-corrected chi connectivity index (χ0v) is 11.0. The van der Waals surface area contributed by atoms with E-state index in [1.807, 2.05) is 36.5 Å². The van der Waals surface area contributed by atoms with E-state index in [1.165, 1.54) is 11.8 Å². The Morgan fingerprint density at radius 3 is 2.74 bits per heavy atom. The van der Waals surface area contributed by atoms with Crippen molar-refractivity contribution in [1.29, 1.82) is 0 Å². The number of hydrogen-bond acceptors (Lipinski definition) is 3. The number of amides is 1. The molecule has 5 heteroatoms. The Balaban J connectivity index is 2.08. The summed E-state index contributed by atoms with van der Waals surface area (Å²) in [4.78, 5) is 13.1. The first-order valence-corrected chi connectivity index (χ1v) is 6.10. The first kappa shape index (κ1) is 13.3. The molecular formula is C14H17N3O2. The second-order valence-electron chi connectivity index (χ2n) is 4.50. The summed E-state index contributed by atoms with van der Waals surface area (Å²) < 4.78 is 1.76. The number of carbonyl (C=O) groups excluding carboxylic acids is 1. The van der Waals surface area contributed by atoms with Crippen LogP contribution in [-0.4, -0.2) is 38.8 Å². The van der Waals surface area contributed by atoms with Crippen molar-refractivity contribution in [3.8, 4) is 5.69 Å². The number of para-hydroxylation sites is 1. The predicted molar refractivity (Wildman–Crippen MR) is 71.7 cm³/mol. The Morgan fingerprint density at radius 1 is 1.42 bits per heavy atom. The van der Waals surface area contributed by atoms with Gasteiger partial charge in [0.05, 0.1) is 11.9 Å². The Labute approximate surface area is 112 Å². The first-order valence-electron chi connectivity index (χ1n) is 6.10. The van der Waals surface area contributed by atoms with Crippen molar-refractivity contribution < 1.29 is 9.90 Å². The zero-order chi connectivity index (χ0) is 13.8. The third-order valence-corrected chi connectivity index (χ3v) is 2.81. The standard InChI is InChI=1S/C14H17N3O2/c1-11(18)14(19)16(2)9-12-8-15-17(10-12)13-6-4-3-5-7-13/h3-8,10-11,18H,9H2,1-2H3. The molecular weight excluding hydrogens is 242 g/mol. The van der Waals surface area contributed by atoms with Gasteiger partial charge in [-0.1, -0.05) is 18.2 Å². The molecule has 1 atom stereocenters. The van der Waals surface area contributed by atoms with E-state index in [9.17, 15) is 9.90 Å². The number of likely N-dealkylation sites (N-methyl/N-ethyl adjacent to an activating group) is 1. The zero-order valence-electron chi connectivity index (χ0n) is 11.0. The molecule has 0 aliphatic carbocycles. The van der Waals surface area contributed by atoms with Crippen LogP contribution < -0.4 is 0 Å². The molecule has 1 unspecified atom stereocenters. The highest BCUT2D eigenvalue weighted by Gasteiger charge is 2.15. The van der Waals surface area contributed by atoms with E-state index in [0.717, 1.165) is 11.3 Å². The van der Waals surface area contributed by atoms with E-state index in [2.05, 4.69) is 5.10 Å². The summed E-state index contributed by atoms with van der Waals surface area (Å²) in [5, 5.41) is 13.5. The lowest BCUT2D eigenvalue weighted by Crippen LogP contribution is -2.34. The summed E-state index contributed by atoms with van der Waals surface area (Å²) in [7, 11) is 1.66. The van der Waals surface area contributed by atoms with E-state index in [0.29, 0.717) is 6.54 Å². The molecule has 100 valence electrons. The monoisotopic (exact) mass is 259 g/mol. The molecule has 1 amide bonds. The maximum Gasteiger partial charge on any atom is 0.251 e. The maximum atomic E-state index is 11.6. The molecule has 0 spiro atoms. The molecule has 1 aromatic heterocycles. The SMILES string of the molecule is CC(O)C(=O)N(C)Cc1cnn(-c2ccccc2)c1. The molecule has 0 aliphatic heterocycles. The number of aliphatic hydroxyl groups excluding tert-OH is 1. The van der Waals surface area contributed by atoms with E-state index in [-0.39, 0.29) is 5.91 Å². The number of aliphatic hydroxyl groups is 1. The molecule has 5 nitrogen and oxygen atoms in total. The minimum atomic E-state index is -0.978. The first-order chi connectivity index (χ1) is 9.08. The van der Waals surface area contributed by atoms with E-state index < -0.39 is 6.10 Å². The number of carbonyl (C=O) groups is 1. The highest BCUT2D eigenvalue weighted by molar-refractivity contribution is 5.79. The molecule has 0 saturated carbocycles.